The van der Waals surface area contributed by atoms with Gasteiger partial charge in [0.25, 0.3) is 0 Å². The quantitative estimate of drug-likeness (QED) is 0.718. The van der Waals surface area contributed by atoms with Crippen LogP contribution in [-0.2, 0) is 6.42 Å². The van der Waals surface area contributed by atoms with E-state index in [9.17, 15) is 5.11 Å². The number of thiazole rings is 1. The SMILES string of the molecule is COc1ccc(Cc2nc(C=CC(O)c3nn[nH]n3)cs2)cc1. The largest absolute Gasteiger partial charge is 0.497 e. The maximum atomic E-state index is 9.85. The van der Waals surface area contributed by atoms with Crippen LogP contribution in [0.25, 0.3) is 6.08 Å². The molecule has 0 bridgehead atoms. The fourth-order valence-corrected chi connectivity index (χ4v) is 2.77. The molecule has 3 rings (SSSR count). The lowest BCUT2D eigenvalue weighted by Gasteiger charge is -2.01. The molecule has 1 aromatic carbocycles. The number of aliphatic hydroxyl groups excluding tert-OH is 1. The van der Waals surface area contributed by atoms with Gasteiger partial charge in [0, 0.05) is 11.8 Å². The highest BCUT2D eigenvalue weighted by Crippen LogP contribution is 2.19. The highest BCUT2D eigenvalue weighted by molar-refractivity contribution is 7.09. The first kappa shape index (κ1) is 15.3. The van der Waals surface area contributed by atoms with Crippen molar-refractivity contribution in [1.29, 1.82) is 0 Å². The molecule has 3 aromatic rings. The van der Waals surface area contributed by atoms with E-state index in [0.29, 0.717) is 0 Å². The van der Waals surface area contributed by atoms with E-state index in [4.69, 9.17) is 4.74 Å². The Morgan fingerprint density at radius 3 is 2.87 bits per heavy atom. The Bertz CT molecular complexity index is 768. The monoisotopic (exact) mass is 329 g/mol. The van der Waals surface area contributed by atoms with Crippen molar-refractivity contribution >= 4 is 17.4 Å². The molecule has 0 radical (unpaired) electrons. The number of aliphatic hydroxyl groups is 1. The number of nitrogens with one attached hydrogen (secondary N) is 1. The van der Waals surface area contributed by atoms with E-state index in [0.717, 1.165) is 22.9 Å². The van der Waals surface area contributed by atoms with Crippen molar-refractivity contribution in [1.82, 2.24) is 25.6 Å². The van der Waals surface area contributed by atoms with Gasteiger partial charge in [-0.2, -0.15) is 5.21 Å². The van der Waals surface area contributed by atoms with Crippen LogP contribution in [0.4, 0.5) is 0 Å². The number of aromatic amines is 1. The second kappa shape index (κ2) is 7.12. The number of aromatic nitrogens is 5. The van der Waals surface area contributed by atoms with Gasteiger partial charge in [-0.05, 0) is 29.8 Å². The predicted octanol–water partition coefficient (Wildman–Crippen LogP) is 2.00. The summed E-state index contributed by atoms with van der Waals surface area (Å²) in [7, 11) is 1.65. The van der Waals surface area contributed by atoms with Crippen molar-refractivity contribution in [2.45, 2.75) is 12.5 Å². The van der Waals surface area contributed by atoms with Crippen LogP contribution in [-0.4, -0.2) is 37.8 Å². The molecule has 1 unspecified atom stereocenters. The van der Waals surface area contributed by atoms with E-state index in [1.165, 1.54) is 5.56 Å². The first-order valence-corrected chi connectivity index (χ1v) is 7.79. The molecule has 0 amide bonds. The molecule has 0 fully saturated rings. The molecule has 2 heterocycles. The zero-order valence-electron chi connectivity index (χ0n) is 12.4. The van der Waals surface area contributed by atoms with E-state index in [1.54, 1.807) is 30.6 Å². The molecule has 0 saturated heterocycles. The maximum absolute atomic E-state index is 9.85. The van der Waals surface area contributed by atoms with Crippen LogP contribution < -0.4 is 4.74 Å². The summed E-state index contributed by atoms with van der Waals surface area (Å²) in [6.07, 6.45) is 3.18. The predicted molar refractivity (Wildman–Crippen MR) is 86.1 cm³/mol. The molecule has 7 nitrogen and oxygen atoms in total. The Morgan fingerprint density at radius 1 is 1.35 bits per heavy atom. The molecule has 0 saturated carbocycles. The van der Waals surface area contributed by atoms with Crippen LogP contribution >= 0.6 is 11.3 Å². The summed E-state index contributed by atoms with van der Waals surface area (Å²) >= 11 is 1.58. The molecule has 2 aromatic heterocycles. The van der Waals surface area contributed by atoms with Gasteiger partial charge in [-0.3, -0.25) is 0 Å². The standard InChI is InChI=1S/C15H15N5O2S/c1-22-12-5-2-10(3-6-12)8-14-16-11(9-23-14)4-7-13(21)15-17-19-20-18-15/h2-7,9,13,21H,8H2,1H3,(H,17,18,19,20). The fourth-order valence-electron chi connectivity index (χ4n) is 1.97. The fraction of sp³-hybridized carbons (Fsp3) is 0.200. The summed E-state index contributed by atoms with van der Waals surface area (Å²) in [5, 5.41) is 26.0. The average Bonchev–Trinajstić information content (AvgIpc) is 3.25. The Hall–Kier alpha value is -2.58. The van der Waals surface area contributed by atoms with Crippen molar-refractivity contribution in [3.63, 3.8) is 0 Å². The highest BCUT2D eigenvalue weighted by atomic mass is 32.1. The van der Waals surface area contributed by atoms with Gasteiger partial charge in [-0.25, -0.2) is 4.98 Å². The molecule has 0 aliphatic carbocycles. The van der Waals surface area contributed by atoms with Gasteiger partial charge in [0.2, 0.25) is 5.82 Å². The minimum Gasteiger partial charge on any atom is -0.497 e. The third-order valence-corrected chi connectivity index (χ3v) is 4.03. The lowest BCUT2D eigenvalue weighted by Crippen LogP contribution is -1.95. The molecule has 1 atom stereocenters. The molecular formula is C15H15N5O2S. The Labute approximate surface area is 136 Å². The van der Waals surface area contributed by atoms with Crippen molar-refractivity contribution in [2.75, 3.05) is 7.11 Å². The topological polar surface area (TPSA) is 96.8 Å². The minimum absolute atomic E-state index is 0.231. The van der Waals surface area contributed by atoms with E-state index in [1.807, 2.05) is 29.6 Å². The van der Waals surface area contributed by atoms with Gasteiger partial charge in [0.1, 0.15) is 11.9 Å². The molecule has 23 heavy (non-hydrogen) atoms. The van der Waals surface area contributed by atoms with E-state index in [2.05, 4.69) is 25.6 Å². The van der Waals surface area contributed by atoms with Crippen LogP contribution in [0.3, 0.4) is 0 Å². The number of ether oxygens (including phenoxy) is 1. The van der Waals surface area contributed by atoms with E-state index < -0.39 is 6.10 Å². The second-order valence-corrected chi connectivity index (χ2v) is 5.71. The molecule has 118 valence electrons. The number of nitrogens with zero attached hydrogens (tertiary/aromatic N) is 4. The van der Waals surface area contributed by atoms with Crippen LogP contribution in [0.1, 0.15) is 28.2 Å². The van der Waals surface area contributed by atoms with Crippen molar-refractivity contribution in [3.8, 4) is 5.75 Å². The Morgan fingerprint density at radius 2 is 2.17 bits per heavy atom. The molecular weight excluding hydrogens is 314 g/mol. The molecule has 0 aliphatic heterocycles. The minimum atomic E-state index is -0.902. The molecule has 2 N–H and O–H groups in total. The van der Waals surface area contributed by atoms with E-state index >= 15 is 0 Å². The lowest BCUT2D eigenvalue weighted by molar-refractivity contribution is 0.219. The number of methoxy groups -OCH3 is 1. The molecule has 0 spiro atoms. The second-order valence-electron chi connectivity index (χ2n) is 4.76. The third-order valence-electron chi connectivity index (χ3n) is 3.16. The third kappa shape index (κ3) is 3.99. The van der Waals surface area contributed by atoms with Crippen LogP contribution in [0.2, 0.25) is 0 Å². The first-order valence-electron chi connectivity index (χ1n) is 6.91. The number of H-pyrrole nitrogens is 1. The van der Waals surface area contributed by atoms with Gasteiger partial charge in [-0.1, -0.05) is 17.3 Å². The van der Waals surface area contributed by atoms with E-state index in [-0.39, 0.29) is 5.82 Å². The highest BCUT2D eigenvalue weighted by Gasteiger charge is 2.08. The summed E-state index contributed by atoms with van der Waals surface area (Å²) in [6.45, 7) is 0. The number of hydrogen-bond acceptors (Lipinski definition) is 7. The van der Waals surface area contributed by atoms with Gasteiger partial charge < -0.3 is 9.84 Å². The lowest BCUT2D eigenvalue weighted by atomic mass is 10.1. The summed E-state index contributed by atoms with van der Waals surface area (Å²) in [6, 6.07) is 7.92. The van der Waals surface area contributed by atoms with Gasteiger partial charge in [0.05, 0.1) is 17.8 Å². The summed E-state index contributed by atoms with van der Waals surface area (Å²) in [4.78, 5) is 4.53. The Balaban J connectivity index is 1.63. The number of hydrogen-bond donors (Lipinski definition) is 2. The zero-order chi connectivity index (χ0) is 16.1. The van der Waals surface area contributed by atoms with Gasteiger partial charge in [-0.15, -0.1) is 21.5 Å². The number of benzene rings is 1. The molecule has 0 aliphatic rings. The number of rotatable bonds is 6. The Kier molecular flexibility index (Phi) is 4.74. The first-order chi connectivity index (χ1) is 11.2. The van der Waals surface area contributed by atoms with Crippen LogP contribution in [0.15, 0.2) is 35.7 Å². The van der Waals surface area contributed by atoms with Crippen molar-refractivity contribution in [3.05, 3.63) is 57.8 Å². The average molecular weight is 329 g/mol. The number of tetrazole rings is 1. The van der Waals surface area contributed by atoms with Gasteiger partial charge in [0.15, 0.2) is 0 Å². The maximum Gasteiger partial charge on any atom is 0.206 e. The molecule has 8 heteroatoms. The zero-order valence-corrected chi connectivity index (χ0v) is 13.2. The summed E-state index contributed by atoms with van der Waals surface area (Å²) in [5.41, 5.74) is 1.96. The normalized spacial score (nSPS) is 12.6. The van der Waals surface area contributed by atoms with Crippen molar-refractivity contribution in [2.24, 2.45) is 0 Å². The van der Waals surface area contributed by atoms with Gasteiger partial charge >= 0.3 is 0 Å². The van der Waals surface area contributed by atoms with Crippen molar-refractivity contribution < 1.29 is 9.84 Å². The van der Waals surface area contributed by atoms with Crippen LogP contribution in [0.5, 0.6) is 5.75 Å². The summed E-state index contributed by atoms with van der Waals surface area (Å²) < 4.78 is 5.15. The summed E-state index contributed by atoms with van der Waals surface area (Å²) in [5.74, 6) is 1.07. The van der Waals surface area contributed by atoms with Crippen LogP contribution in [0, 0.1) is 0 Å². The smallest absolute Gasteiger partial charge is 0.206 e.